The van der Waals surface area contributed by atoms with Gasteiger partial charge in [0.1, 0.15) is 11.4 Å². The summed E-state index contributed by atoms with van der Waals surface area (Å²) in [6.45, 7) is 7.77. The Labute approximate surface area is 110 Å². The van der Waals surface area contributed by atoms with E-state index in [0.717, 1.165) is 31.6 Å². The van der Waals surface area contributed by atoms with E-state index in [2.05, 4.69) is 6.92 Å². The molecule has 104 valence electrons. The van der Waals surface area contributed by atoms with Crippen LogP contribution in [0.5, 0.6) is 0 Å². The van der Waals surface area contributed by atoms with Crippen LogP contribution in [0, 0.1) is 11.8 Å². The van der Waals surface area contributed by atoms with Gasteiger partial charge < -0.3 is 4.74 Å². The van der Waals surface area contributed by atoms with Gasteiger partial charge in [0.15, 0.2) is 0 Å². The number of ketones is 1. The van der Waals surface area contributed by atoms with Gasteiger partial charge in [0, 0.05) is 12.3 Å². The molecule has 3 heteroatoms. The lowest BCUT2D eigenvalue weighted by Gasteiger charge is -2.25. The highest BCUT2D eigenvalue weighted by atomic mass is 16.6. The quantitative estimate of drug-likeness (QED) is 0.721. The van der Waals surface area contributed by atoms with Crippen LogP contribution < -0.4 is 0 Å². The molecule has 0 aromatic carbocycles. The maximum atomic E-state index is 12.0. The van der Waals surface area contributed by atoms with Gasteiger partial charge in [0.05, 0.1) is 6.42 Å². The molecule has 0 N–H and O–H groups in total. The number of carbonyl (C=O) groups is 2. The molecule has 0 atom stereocenters. The minimum atomic E-state index is -0.458. The molecule has 1 rings (SSSR count). The van der Waals surface area contributed by atoms with Crippen LogP contribution in [0.1, 0.15) is 66.2 Å². The van der Waals surface area contributed by atoms with Gasteiger partial charge in [-0.05, 0) is 39.5 Å². The number of rotatable bonds is 4. The summed E-state index contributed by atoms with van der Waals surface area (Å²) in [5.41, 5.74) is -0.458. The molecular formula is C15H26O3. The summed E-state index contributed by atoms with van der Waals surface area (Å²) in [5, 5.41) is 0. The van der Waals surface area contributed by atoms with Crippen LogP contribution in [0.25, 0.3) is 0 Å². The van der Waals surface area contributed by atoms with Crippen LogP contribution in [0.15, 0.2) is 0 Å². The Bertz CT molecular complexity index is 293. The highest BCUT2D eigenvalue weighted by Crippen LogP contribution is 2.29. The molecule has 18 heavy (non-hydrogen) atoms. The Morgan fingerprint density at radius 1 is 1.06 bits per heavy atom. The van der Waals surface area contributed by atoms with Crippen molar-refractivity contribution in [2.24, 2.45) is 11.8 Å². The molecule has 0 heterocycles. The lowest BCUT2D eigenvalue weighted by Crippen LogP contribution is -2.25. The zero-order valence-electron chi connectivity index (χ0n) is 12.1. The van der Waals surface area contributed by atoms with Crippen LogP contribution in [-0.2, 0) is 14.3 Å². The topological polar surface area (TPSA) is 43.4 Å². The van der Waals surface area contributed by atoms with E-state index in [0.29, 0.717) is 6.42 Å². The van der Waals surface area contributed by atoms with Crippen molar-refractivity contribution in [3.63, 3.8) is 0 Å². The van der Waals surface area contributed by atoms with Gasteiger partial charge >= 0.3 is 5.97 Å². The van der Waals surface area contributed by atoms with E-state index in [9.17, 15) is 9.59 Å². The Morgan fingerprint density at radius 2 is 1.61 bits per heavy atom. The van der Waals surface area contributed by atoms with Crippen molar-refractivity contribution in [1.29, 1.82) is 0 Å². The van der Waals surface area contributed by atoms with Crippen molar-refractivity contribution in [2.75, 3.05) is 0 Å². The molecule has 0 aliphatic heterocycles. The molecule has 0 spiro atoms. The van der Waals surface area contributed by atoms with Crippen molar-refractivity contribution in [2.45, 2.75) is 71.8 Å². The van der Waals surface area contributed by atoms with Crippen LogP contribution in [0.2, 0.25) is 0 Å². The number of ether oxygens (including phenoxy) is 1. The van der Waals surface area contributed by atoms with Crippen molar-refractivity contribution >= 4 is 11.8 Å². The number of esters is 1. The molecule has 0 aromatic rings. The maximum absolute atomic E-state index is 12.0. The SMILES string of the molecule is CC1CCC(C(=O)CCC(=O)OC(C)(C)C)CC1. The third kappa shape index (κ3) is 5.65. The molecule has 1 saturated carbocycles. The Balaban J connectivity index is 2.27. The molecule has 0 amide bonds. The fourth-order valence-electron chi connectivity index (χ4n) is 2.40. The molecule has 1 aliphatic carbocycles. The zero-order valence-corrected chi connectivity index (χ0v) is 12.1. The van der Waals surface area contributed by atoms with E-state index < -0.39 is 5.60 Å². The first kappa shape index (κ1) is 15.2. The first-order valence-corrected chi connectivity index (χ1v) is 7.02. The zero-order chi connectivity index (χ0) is 13.8. The van der Waals surface area contributed by atoms with Gasteiger partial charge in [-0.15, -0.1) is 0 Å². The number of hydrogen-bond acceptors (Lipinski definition) is 3. The average Bonchev–Trinajstić information content (AvgIpc) is 2.24. The molecule has 1 aliphatic rings. The Kier molecular flexibility index (Phi) is 5.36. The summed E-state index contributed by atoms with van der Waals surface area (Å²) in [4.78, 5) is 23.5. The largest absolute Gasteiger partial charge is 0.460 e. The lowest BCUT2D eigenvalue weighted by molar-refractivity contribution is -0.155. The van der Waals surface area contributed by atoms with E-state index in [4.69, 9.17) is 4.74 Å². The van der Waals surface area contributed by atoms with E-state index in [1.807, 2.05) is 20.8 Å². The summed E-state index contributed by atoms with van der Waals surface area (Å²) in [5.74, 6) is 0.913. The summed E-state index contributed by atoms with van der Waals surface area (Å²) in [7, 11) is 0. The minimum absolute atomic E-state index is 0.184. The van der Waals surface area contributed by atoms with Gasteiger partial charge in [-0.2, -0.15) is 0 Å². The van der Waals surface area contributed by atoms with Crippen molar-refractivity contribution in [3.05, 3.63) is 0 Å². The molecular weight excluding hydrogens is 228 g/mol. The van der Waals surface area contributed by atoms with Gasteiger partial charge in [-0.3, -0.25) is 9.59 Å². The third-order valence-electron chi connectivity index (χ3n) is 3.47. The van der Waals surface area contributed by atoms with Gasteiger partial charge in [0.2, 0.25) is 0 Å². The Morgan fingerprint density at radius 3 is 2.11 bits per heavy atom. The van der Waals surface area contributed by atoms with E-state index in [1.54, 1.807) is 0 Å². The normalized spacial score (nSPS) is 24.7. The van der Waals surface area contributed by atoms with Gasteiger partial charge in [-0.25, -0.2) is 0 Å². The second kappa shape index (κ2) is 6.35. The smallest absolute Gasteiger partial charge is 0.306 e. The number of Topliss-reactive ketones (excluding diaryl/α,β-unsaturated/α-hetero) is 1. The first-order chi connectivity index (χ1) is 8.28. The van der Waals surface area contributed by atoms with Crippen LogP contribution in [-0.4, -0.2) is 17.4 Å². The Hall–Kier alpha value is -0.860. The summed E-state index contributed by atoms with van der Waals surface area (Å²) >= 11 is 0. The highest BCUT2D eigenvalue weighted by Gasteiger charge is 2.25. The minimum Gasteiger partial charge on any atom is -0.460 e. The second-order valence-corrected chi connectivity index (χ2v) is 6.51. The molecule has 0 aromatic heterocycles. The van der Waals surface area contributed by atoms with Crippen molar-refractivity contribution in [3.8, 4) is 0 Å². The third-order valence-corrected chi connectivity index (χ3v) is 3.47. The van der Waals surface area contributed by atoms with Crippen LogP contribution >= 0.6 is 0 Å². The predicted octanol–water partition coefficient (Wildman–Crippen LogP) is 3.50. The fourth-order valence-corrected chi connectivity index (χ4v) is 2.40. The summed E-state index contributed by atoms with van der Waals surface area (Å²) in [6.07, 6.45) is 4.84. The summed E-state index contributed by atoms with van der Waals surface area (Å²) in [6, 6.07) is 0. The molecule has 0 bridgehead atoms. The van der Waals surface area contributed by atoms with E-state index >= 15 is 0 Å². The van der Waals surface area contributed by atoms with Crippen LogP contribution in [0.4, 0.5) is 0 Å². The standard InChI is InChI=1S/C15H26O3/c1-11-5-7-12(8-6-11)13(16)9-10-14(17)18-15(2,3)4/h11-12H,5-10H2,1-4H3. The second-order valence-electron chi connectivity index (χ2n) is 6.51. The molecule has 0 saturated heterocycles. The molecule has 0 radical (unpaired) electrons. The van der Waals surface area contributed by atoms with Crippen molar-refractivity contribution < 1.29 is 14.3 Å². The van der Waals surface area contributed by atoms with E-state index in [-0.39, 0.29) is 24.1 Å². The fraction of sp³-hybridized carbons (Fsp3) is 0.867. The summed E-state index contributed by atoms with van der Waals surface area (Å²) < 4.78 is 5.20. The lowest BCUT2D eigenvalue weighted by atomic mass is 9.80. The monoisotopic (exact) mass is 254 g/mol. The maximum Gasteiger partial charge on any atom is 0.306 e. The van der Waals surface area contributed by atoms with Gasteiger partial charge in [-0.1, -0.05) is 19.8 Å². The highest BCUT2D eigenvalue weighted by molar-refractivity contribution is 5.84. The van der Waals surface area contributed by atoms with Crippen LogP contribution in [0.3, 0.4) is 0 Å². The number of hydrogen-bond donors (Lipinski definition) is 0. The predicted molar refractivity (Wildman–Crippen MR) is 71.2 cm³/mol. The average molecular weight is 254 g/mol. The molecule has 0 unspecified atom stereocenters. The molecule has 3 nitrogen and oxygen atoms in total. The van der Waals surface area contributed by atoms with Gasteiger partial charge in [0.25, 0.3) is 0 Å². The molecule has 1 fully saturated rings. The number of carbonyl (C=O) groups excluding carboxylic acids is 2. The first-order valence-electron chi connectivity index (χ1n) is 7.02. The van der Waals surface area contributed by atoms with E-state index in [1.165, 1.54) is 0 Å². The van der Waals surface area contributed by atoms with Crippen molar-refractivity contribution in [1.82, 2.24) is 0 Å².